The van der Waals surface area contributed by atoms with Crippen molar-refractivity contribution in [3.63, 3.8) is 0 Å². The van der Waals surface area contributed by atoms with Gasteiger partial charge in [-0.05, 0) is 36.9 Å². The summed E-state index contributed by atoms with van der Waals surface area (Å²) in [6.45, 7) is 7.86. The van der Waals surface area contributed by atoms with Crippen LogP contribution in [0.2, 0.25) is 0 Å². The van der Waals surface area contributed by atoms with Crippen LogP contribution in [0, 0.1) is 0 Å². The van der Waals surface area contributed by atoms with Crippen LogP contribution >= 0.6 is 11.3 Å². The van der Waals surface area contributed by atoms with E-state index in [9.17, 15) is 0 Å². The predicted octanol–water partition coefficient (Wildman–Crippen LogP) is 2.31. The second-order valence-corrected chi connectivity index (χ2v) is 6.78. The molecule has 0 aromatic carbocycles. The third kappa shape index (κ3) is 4.73. The molecule has 124 valence electrons. The number of anilines is 1. The Kier molecular flexibility index (Phi) is 5.96. The molecule has 0 N–H and O–H groups in total. The van der Waals surface area contributed by atoms with Crippen molar-refractivity contribution in [1.29, 1.82) is 0 Å². The molecule has 0 unspecified atom stereocenters. The van der Waals surface area contributed by atoms with E-state index in [4.69, 9.17) is 4.74 Å². The Morgan fingerprint density at radius 1 is 1.39 bits per heavy atom. The zero-order chi connectivity index (χ0) is 15.9. The predicted molar refractivity (Wildman–Crippen MR) is 94.1 cm³/mol. The van der Waals surface area contributed by atoms with E-state index in [1.807, 2.05) is 23.5 Å². The van der Waals surface area contributed by atoms with E-state index in [1.165, 1.54) is 4.88 Å². The number of aromatic nitrogens is 2. The first-order chi connectivity index (χ1) is 11.3. The summed E-state index contributed by atoms with van der Waals surface area (Å²) in [5.41, 5.74) is 0. The third-order valence-electron chi connectivity index (χ3n) is 4.17. The van der Waals surface area contributed by atoms with Gasteiger partial charge < -0.3 is 9.64 Å². The lowest BCUT2D eigenvalue weighted by Crippen LogP contribution is -2.48. The average molecular weight is 332 g/mol. The van der Waals surface area contributed by atoms with Crippen LogP contribution in [-0.4, -0.2) is 60.5 Å². The average Bonchev–Trinajstić information content (AvgIpc) is 3.12. The van der Waals surface area contributed by atoms with E-state index in [0.717, 1.165) is 51.6 Å². The van der Waals surface area contributed by atoms with E-state index in [1.54, 1.807) is 6.20 Å². The van der Waals surface area contributed by atoms with Crippen molar-refractivity contribution in [1.82, 2.24) is 15.1 Å². The first-order valence-electron chi connectivity index (χ1n) is 8.24. The summed E-state index contributed by atoms with van der Waals surface area (Å²) >= 11 is 1.84. The first-order valence-corrected chi connectivity index (χ1v) is 9.12. The van der Waals surface area contributed by atoms with Gasteiger partial charge in [0.1, 0.15) is 0 Å². The number of hydrogen-bond donors (Lipinski definition) is 0. The molecular formula is C17H24N4OS. The summed E-state index contributed by atoms with van der Waals surface area (Å²) in [7, 11) is 0. The van der Waals surface area contributed by atoms with E-state index >= 15 is 0 Å². The van der Waals surface area contributed by atoms with Crippen molar-refractivity contribution >= 4 is 17.2 Å². The highest BCUT2D eigenvalue weighted by Crippen LogP contribution is 2.14. The summed E-state index contributed by atoms with van der Waals surface area (Å²) in [5, 5.41) is 10.3. The number of hydrogen-bond acceptors (Lipinski definition) is 6. The van der Waals surface area contributed by atoms with Crippen molar-refractivity contribution in [2.45, 2.75) is 19.4 Å². The fourth-order valence-electron chi connectivity index (χ4n) is 2.91. The van der Waals surface area contributed by atoms with Gasteiger partial charge in [0.05, 0.1) is 12.7 Å². The van der Waals surface area contributed by atoms with Crippen LogP contribution in [0.15, 0.2) is 35.8 Å². The molecule has 0 radical (unpaired) electrons. The molecule has 2 aromatic heterocycles. The highest BCUT2D eigenvalue weighted by atomic mass is 32.1. The summed E-state index contributed by atoms with van der Waals surface area (Å²) in [6, 6.07) is 8.28. The Morgan fingerprint density at radius 2 is 2.35 bits per heavy atom. The van der Waals surface area contributed by atoms with Gasteiger partial charge in [-0.1, -0.05) is 6.07 Å². The van der Waals surface area contributed by atoms with Crippen LogP contribution in [0.1, 0.15) is 11.8 Å². The van der Waals surface area contributed by atoms with Crippen LogP contribution in [0.25, 0.3) is 0 Å². The van der Waals surface area contributed by atoms with Crippen LogP contribution in [-0.2, 0) is 11.2 Å². The van der Waals surface area contributed by atoms with E-state index < -0.39 is 0 Å². The normalized spacial score (nSPS) is 18.9. The van der Waals surface area contributed by atoms with Crippen LogP contribution in [0.4, 0.5) is 5.82 Å². The van der Waals surface area contributed by atoms with E-state index in [0.29, 0.717) is 0 Å². The van der Waals surface area contributed by atoms with Gasteiger partial charge in [0.15, 0.2) is 5.82 Å². The molecular weight excluding hydrogens is 308 g/mol. The van der Waals surface area contributed by atoms with Gasteiger partial charge in [-0.3, -0.25) is 4.90 Å². The number of morpholine rings is 1. The van der Waals surface area contributed by atoms with Crippen LogP contribution < -0.4 is 4.90 Å². The quantitative estimate of drug-likeness (QED) is 0.778. The molecule has 1 aliphatic heterocycles. The molecule has 3 rings (SSSR count). The van der Waals surface area contributed by atoms with Crippen molar-refractivity contribution < 1.29 is 4.74 Å². The van der Waals surface area contributed by atoms with Crippen molar-refractivity contribution in [3.8, 4) is 0 Å². The third-order valence-corrected chi connectivity index (χ3v) is 5.10. The zero-order valence-corrected chi connectivity index (χ0v) is 14.4. The first kappa shape index (κ1) is 16.4. The van der Waals surface area contributed by atoms with E-state index in [-0.39, 0.29) is 6.10 Å². The Morgan fingerprint density at radius 3 is 3.09 bits per heavy atom. The molecule has 0 aliphatic carbocycles. The van der Waals surface area contributed by atoms with Crippen molar-refractivity contribution in [2.24, 2.45) is 0 Å². The van der Waals surface area contributed by atoms with Gasteiger partial charge in [-0.25, -0.2) is 0 Å². The van der Waals surface area contributed by atoms with Crippen LogP contribution in [0.5, 0.6) is 0 Å². The lowest BCUT2D eigenvalue weighted by Gasteiger charge is -2.35. The van der Waals surface area contributed by atoms with Crippen molar-refractivity contribution in [3.05, 3.63) is 40.7 Å². The molecule has 1 atom stereocenters. The summed E-state index contributed by atoms with van der Waals surface area (Å²) in [6.07, 6.45) is 3.07. The van der Waals surface area contributed by atoms with Crippen molar-refractivity contribution in [2.75, 3.05) is 44.2 Å². The molecule has 0 amide bonds. The zero-order valence-electron chi connectivity index (χ0n) is 13.6. The standard InChI is InChI=1S/C17H24N4OS/c1-2-21(17-6-3-8-18-19-17)14-15-13-20(10-11-22-15)9-7-16-5-4-12-23-16/h3-6,8,12,15H,2,7,9-11,13-14H2,1H3/t15-/m1/s1. The second-order valence-electron chi connectivity index (χ2n) is 5.74. The van der Waals surface area contributed by atoms with Gasteiger partial charge in [0, 0.05) is 43.8 Å². The smallest absolute Gasteiger partial charge is 0.151 e. The van der Waals surface area contributed by atoms with Gasteiger partial charge in [-0.15, -0.1) is 16.4 Å². The van der Waals surface area contributed by atoms with Crippen LogP contribution in [0.3, 0.4) is 0 Å². The summed E-state index contributed by atoms with van der Waals surface area (Å²) < 4.78 is 5.97. The molecule has 23 heavy (non-hydrogen) atoms. The number of thiophene rings is 1. The Balaban J connectivity index is 1.51. The molecule has 0 bridgehead atoms. The maximum atomic E-state index is 5.97. The minimum atomic E-state index is 0.231. The maximum absolute atomic E-state index is 5.97. The SMILES string of the molecule is CCN(C[C@H]1CN(CCc2cccs2)CCO1)c1cccnn1. The molecule has 1 aliphatic rings. The number of rotatable bonds is 7. The maximum Gasteiger partial charge on any atom is 0.151 e. The van der Waals surface area contributed by atoms with Gasteiger partial charge >= 0.3 is 0 Å². The number of likely N-dealkylation sites (N-methyl/N-ethyl adjacent to an activating group) is 1. The topological polar surface area (TPSA) is 41.5 Å². The summed E-state index contributed by atoms with van der Waals surface area (Å²) in [4.78, 5) is 6.21. The largest absolute Gasteiger partial charge is 0.374 e. The Labute approximate surface area is 141 Å². The lowest BCUT2D eigenvalue weighted by molar-refractivity contribution is -0.0234. The highest BCUT2D eigenvalue weighted by Gasteiger charge is 2.22. The number of ether oxygens (including phenoxy) is 1. The minimum Gasteiger partial charge on any atom is -0.374 e. The monoisotopic (exact) mass is 332 g/mol. The molecule has 1 fully saturated rings. The fraction of sp³-hybridized carbons (Fsp3) is 0.529. The molecule has 0 saturated carbocycles. The molecule has 1 saturated heterocycles. The minimum absolute atomic E-state index is 0.231. The number of nitrogens with zero attached hydrogens (tertiary/aromatic N) is 4. The molecule has 2 aromatic rings. The highest BCUT2D eigenvalue weighted by molar-refractivity contribution is 7.09. The summed E-state index contributed by atoms with van der Waals surface area (Å²) in [5.74, 6) is 0.925. The molecule has 0 spiro atoms. The lowest BCUT2D eigenvalue weighted by atomic mass is 10.2. The molecule has 3 heterocycles. The van der Waals surface area contributed by atoms with Gasteiger partial charge in [-0.2, -0.15) is 5.10 Å². The Bertz CT molecular complexity index is 563. The fourth-order valence-corrected chi connectivity index (χ4v) is 3.61. The molecule has 5 nitrogen and oxygen atoms in total. The van der Waals surface area contributed by atoms with E-state index in [2.05, 4.69) is 44.4 Å². The second kappa shape index (κ2) is 8.38. The van der Waals surface area contributed by atoms with Gasteiger partial charge in [0.2, 0.25) is 0 Å². The molecule has 6 heteroatoms. The Hall–Kier alpha value is -1.50. The van der Waals surface area contributed by atoms with Gasteiger partial charge in [0.25, 0.3) is 0 Å².